The van der Waals surface area contributed by atoms with Gasteiger partial charge in [0.05, 0.1) is 12.5 Å². The van der Waals surface area contributed by atoms with Crippen molar-refractivity contribution in [2.45, 2.75) is 62.7 Å². The number of carbonyl (C=O) groups is 6. The van der Waals surface area contributed by atoms with Crippen molar-refractivity contribution in [3.8, 4) is 0 Å². The molecule has 196 valence electrons. The van der Waals surface area contributed by atoms with Crippen LogP contribution in [0, 0.1) is 0 Å². The molecule has 1 aromatic carbocycles. The second kappa shape index (κ2) is 13.8. The summed E-state index contributed by atoms with van der Waals surface area (Å²) in [5.41, 5.74) is 0.705. The molecule has 1 aliphatic rings. The van der Waals surface area contributed by atoms with E-state index in [-0.39, 0.29) is 6.42 Å². The predicted molar refractivity (Wildman–Crippen MR) is 124 cm³/mol. The minimum absolute atomic E-state index is 0.0584. The van der Waals surface area contributed by atoms with Crippen LogP contribution in [0.4, 0.5) is 0 Å². The number of carbonyl (C=O) groups excluding carboxylic acids is 3. The van der Waals surface area contributed by atoms with E-state index in [2.05, 4.69) is 21.3 Å². The highest BCUT2D eigenvalue weighted by Gasteiger charge is 2.32. The van der Waals surface area contributed by atoms with E-state index in [0.29, 0.717) is 18.5 Å². The van der Waals surface area contributed by atoms with Gasteiger partial charge in [-0.15, -0.1) is 0 Å². The SMILES string of the molecule is O=C(O)CCC(NC(=O)C(CC(=O)O)NC(=O)C(Cc1ccccc1)NC(=O)C1CCCN1)C(=O)O. The maximum atomic E-state index is 13.1. The molecular weight excluding hydrogens is 476 g/mol. The molecule has 3 amide bonds. The summed E-state index contributed by atoms with van der Waals surface area (Å²) < 4.78 is 0. The molecule has 36 heavy (non-hydrogen) atoms. The fourth-order valence-electron chi connectivity index (χ4n) is 3.69. The highest BCUT2D eigenvalue weighted by molar-refractivity contribution is 5.95. The van der Waals surface area contributed by atoms with Gasteiger partial charge in [-0.3, -0.25) is 24.0 Å². The van der Waals surface area contributed by atoms with Crippen molar-refractivity contribution >= 4 is 35.6 Å². The van der Waals surface area contributed by atoms with Crippen molar-refractivity contribution in [1.82, 2.24) is 21.3 Å². The number of amides is 3. The van der Waals surface area contributed by atoms with Gasteiger partial charge >= 0.3 is 17.9 Å². The molecule has 0 bridgehead atoms. The van der Waals surface area contributed by atoms with Crippen LogP contribution in [0.25, 0.3) is 0 Å². The first-order valence-corrected chi connectivity index (χ1v) is 11.4. The van der Waals surface area contributed by atoms with Gasteiger partial charge in [0, 0.05) is 12.8 Å². The first kappa shape index (κ1) is 28.2. The molecule has 0 spiro atoms. The van der Waals surface area contributed by atoms with Gasteiger partial charge in [0.15, 0.2) is 0 Å². The highest BCUT2D eigenvalue weighted by Crippen LogP contribution is 2.09. The van der Waals surface area contributed by atoms with E-state index in [1.807, 2.05) is 0 Å². The summed E-state index contributed by atoms with van der Waals surface area (Å²) in [4.78, 5) is 72.0. The number of carboxylic acids is 3. The van der Waals surface area contributed by atoms with Crippen molar-refractivity contribution in [1.29, 1.82) is 0 Å². The van der Waals surface area contributed by atoms with E-state index >= 15 is 0 Å². The summed E-state index contributed by atoms with van der Waals surface area (Å²) >= 11 is 0. The number of hydrogen-bond acceptors (Lipinski definition) is 7. The number of aliphatic carboxylic acids is 3. The summed E-state index contributed by atoms with van der Waals surface area (Å²) in [6.07, 6.45) is -0.412. The topological polar surface area (TPSA) is 211 Å². The molecule has 1 heterocycles. The second-order valence-electron chi connectivity index (χ2n) is 8.39. The van der Waals surface area contributed by atoms with Gasteiger partial charge < -0.3 is 36.6 Å². The minimum Gasteiger partial charge on any atom is -0.481 e. The quantitative estimate of drug-likeness (QED) is 0.161. The van der Waals surface area contributed by atoms with E-state index in [1.165, 1.54) is 0 Å². The second-order valence-corrected chi connectivity index (χ2v) is 8.39. The van der Waals surface area contributed by atoms with Crippen LogP contribution >= 0.6 is 0 Å². The Balaban J connectivity index is 2.17. The average Bonchev–Trinajstić information content (AvgIpc) is 3.36. The largest absolute Gasteiger partial charge is 0.481 e. The van der Waals surface area contributed by atoms with Gasteiger partial charge in [-0.2, -0.15) is 0 Å². The Labute approximate surface area is 206 Å². The zero-order valence-corrected chi connectivity index (χ0v) is 19.4. The molecule has 4 atom stereocenters. The number of hydrogen-bond donors (Lipinski definition) is 7. The van der Waals surface area contributed by atoms with Gasteiger partial charge in [-0.1, -0.05) is 30.3 Å². The van der Waals surface area contributed by atoms with Crippen LogP contribution in [-0.2, 0) is 35.2 Å². The van der Waals surface area contributed by atoms with E-state index in [4.69, 9.17) is 5.11 Å². The van der Waals surface area contributed by atoms with Crippen LogP contribution in [0.3, 0.4) is 0 Å². The van der Waals surface area contributed by atoms with Gasteiger partial charge in [0.2, 0.25) is 17.7 Å². The maximum absolute atomic E-state index is 13.1. The molecule has 1 fully saturated rings. The normalized spacial score (nSPS) is 17.3. The molecule has 0 aliphatic carbocycles. The molecule has 0 radical (unpaired) electrons. The molecule has 2 rings (SSSR count). The Morgan fingerprint density at radius 2 is 1.50 bits per heavy atom. The van der Waals surface area contributed by atoms with Crippen LogP contribution in [0.15, 0.2) is 30.3 Å². The first-order chi connectivity index (χ1) is 17.1. The lowest BCUT2D eigenvalue weighted by molar-refractivity contribution is -0.144. The molecule has 0 aromatic heterocycles. The number of rotatable bonds is 14. The lowest BCUT2D eigenvalue weighted by Gasteiger charge is -2.24. The zero-order chi connectivity index (χ0) is 26.7. The Bertz CT molecular complexity index is 964. The third-order valence-electron chi connectivity index (χ3n) is 5.57. The smallest absolute Gasteiger partial charge is 0.326 e. The van der Waals surface area contributed by atoms with Crippen molar-refractivity contribution in [3.63, 3.8) is 0 Å². The monoisotopic (exact) mass is 506 g/mol. The highest BCUT2D eigenvalue weighted by atomic mass is 16.4. The van der Waals surface area contributed by atoms with Gasteiger partial charge in [-0.05, 0) is 31.4 Å². The van der Waals surface area contributed by atoms with Crippen LogP contribution in [-0.4, -0.2) is 81.7 Å². The number of nitrogens with one attached hydrogen (secondary N) is 4. The minimum atomic E-state index is -1.67. The summed E-state index contributed by atoms with van der Waals surface area (Å²) in [6, 6.07) is 3.84. The van der Waals surface area contributed by atoms with Crippen molar-refractivity contribution in [2.24, 2.45) is 0 Å². The fraction of sp³-hybridized carbons (Fsp3) is 0.478. The Hall–Kier alpha value is -4.00. The zero-order valence-electron chi connectivity index (χ0n) is 19.4. The molecule has 1 aliphatic heterocycles. The Morgan fingerprint density at radius 1 is 0.861 bits per heavy atom. The van der Waals surface area contributed by atoms with E-state index in [9.17, 15) is 39.0 Å². The maximum Gasteiger partial charge on any atom is 0.326 e. The molecule has 13 heteroatoms. The van der Waals surface area contributed by atoms with E-state index in [1.54, 1.807) is 30.3 Å². The molecule has 4 unspecified atom stereocenters. The Morgan fingerprint density at radius 3 is 2.06 bits per heavy atom. The first-order valence-electron chi connectivity index (χ1n) is 11.4. The van der Waals surface area contributed by atoms with Crippen molar-refractivity contribution < 1.29 is 44.1 Å². The summed E-state index contributed by atoms with van der Waals surface area (Å²) in [5, 5.41) is 37.3. The summed E-state index contributed by atoms with van der Waals surface area (Å²) in [5.74, 6) is -6.57. The number of benzene rings is 1. The molecule has 1 aromatic rings. The molecule has 13 nitrogen and oxygen atoms in total. The summed E-state index contributed by atoms with van der Waals surface area (Å²) in [6.45, 7) is 0.654. The third kappa shape index (κ3) is 9.33. The molecule has 7 N–H and O–H groups in total. The van der Waals surface area contributed by atoms with Crippen LogP contribution in [0.2, 0.25) is 0 Å². The predicted octanol–water partition coefficient (Wildman–Crippen LogP) is -1.14. The van der Waals surface area contributed by atoms with E-state index in [0.717, 1.165) is 6.42 Å². The average molecular weight is 507 g/mol. The van der Waals surface area contributed by atoms with E-state index < -0.39 is 79.1 Å². The Kier molecular flexibility index (Phi) is 10.8. The van der Waals surface area contributed by atoms with Crippen molar-refractivity contribution in [3.05, 3.63) is 35.9 Å². The number of carboxylic acid groups (broad SMARTS) is 3. The standard InChI is InChI=1S/C23H30N4O9/c28-18(29)9-8-15(23(35)36)25-22(34)17(12-19(30)31)27-21(33)16(11-13-5-2-1-3-6-13)26-20(32)14-7-4-10-24-14/h1-3,5-6,14-17,24H,4,7-12H2,(H,25,34)(H,26,32)(H,27,33)(H,28,29)(H,30,31)(H,35,36). The van der Waals surface area contributed by atoms with Gasteiger partial charge in [0.1, 0.15) is 18.1 Å². The van der Waals surface area contributed by atoms with Crippen molar-refractivity contribution in [2.75, 3.05) is 6.54 Å². The van der Waals surface area contributed by atoms with Crippen LogP contribution in [0.1, 0.15) is 37.7 Å². The molecular formula is C23H30N4O9. The van der Waals surface area contributed by atoms with Gasteiger partial charge in [0.25, 0.3) is 0 Å². The lowest BCUT2D eigenvalue weighted by Crippen LogP contribution is -2.58. The molecule has 1 saturated heterocycles. The van der Waals surface area contributed by atoms with Crippen LogP contribution < -0.4 is 21.3 Å². The van der Waals surface area contributed by atoms with Gasteiger partial charge in [-0.25, -0.2) is 4.79 Å². The fourth-order valence-corrected chi connectivity index (χ4v) is 3.69. The third-order valence-corrected chi connectivity index (χ3v) is 5.57. The van der Waals surface area contributed by atoms with Crippen LogP contribution in [0.5, 0.6) is 0 Å². The molecule has 0 saturated carbocycles. The lowest BCUT2D eigenvalue weighted by atomic mass is 10.0. The summed E-state index contributed by atoms with van der Waals surface area (Å²) in [7, 11) is 0.